The lowest BCUT2D eigenvalue weighted by Crippen LogP contribution is -2.18. The molecular formula is C22H25N3O3S. The normalized spacial score (nSPS) is 15.9. The first-order valence-corrected chi connectivity index (χ1v) is 10.8. The number of fused-ring (bicyclic) bond motifs is 2. The summed E-state index contributed by atoms with van der Waals surface area (Å²) in [6.07, 6.45) is 4.64. The quantitative estimate of drug-likeness (QED) is 0.639. The Balaban J connectivity index is 1.75. The van der Waals surface area contributed by atoms with Crippen LogP contribution in [-0.2, 0) is 17.6 Å². The van der Waals surface area contributed by atoms with Crippen LogP contribution in [0.5, 0.6) is 0 Å². The Morgan fingerprint density at radius 3 is 2.93 bits per heavy atom. The van der Waals surface area contributed by atoms with E-state index in [1.807, 2.05) is 32.2 Å². The molecule has 1 unspecified atom stereocenters. The van der Waals surface area contributed by atoms with Crippen LogP contribution in [0.15, 0.2) is 18.3 Å². The zero-order valence-corrected chi connectivity index (χ0v) is 18.0. The molecule has 29 heavy (non-hydrogen) atoms. The largest absolute Gasteiger partial charge is 0.462 e. The van der Waals surface area contributed by atoms with Crippen molar-refractivity contribution < 1.29 is 14.3 Å². The van der Waals surface area contributed by atoms with Crippen molar-refractivity contribution in [3.05, 3.63) is 51.3 Å². The Kier molecular flexibility index (Phi) is 5.17. The summed E-state index contributed by atoms with van der Waals surface area (Å²) < 4.78 is 7.11. The molecule has 0 bridgehead atoms. The van der Waals surface area contributed by atoms with Crippen molar-refractivity contribution in [2.75, 3.05) is 11.9 Å². The maximum atomic E-state index is 13.2. The van der Waals surface area contributed by atoms with Gasteiger partial charge in [0.25, 0.3) is 5.91 Å². The number of nitrogens with one attached hydrogen (secondary N) is 1. The summed E-state index contributed by atoms with van der Waals surface area (Å²) in [7, 11) is 0. The fourth-order valence-electron chi connectivity index (χ4n) is 4.01. The van der Waals surface area contributed by atoms with Gasteiger partial charge in [0.15, 0.2) is 0 Å². The first-order chi connectivity index (χ1) is 13.9. The van der Waals surface area contributed by atoms with Gasteiger partial charge in [-0.2, -0.15) is 0 Å². The zero-order valence-electron chi connectivity index (χ0n) is 17.2. The number of anilines is 1. The monoisotopic (exact) mass is 411 g/mol. The van der Waals surface area contributed by atoms with Crippen molar-refractivity contribution in [1.82, 2.24) is 9.38 Å². The number of amides is 1. The van der Waals surface area contributed by atoms with Crippen LogP contribution in [0, 0.1) is 19.8 Å². The van der Waals surface area contributed by atoms with Crippen molar-refractivity contribution in [2.24, 2.45) is 5.92 Å². The molecule has 0 fully saturated rings. The van der Waals surface area contributed by atoms with Crippen LogP contribution in [0.25, 0.3) is 5.65 Å². The van der Waals surface area contributed by atoms with Crippen LogP contribution < -0.4 is 5.32 Å². The third-order valence-corrected chi connectivity index (χ3v) is 6.62. The summed E-state index contributed by atoms with van der Waals surface area (Å²) >= 11 is 1.50. The standard InChI is InChI=1S/C22H25N3O3S/c1-5-28-22(27)17-15-9-8-12(2)11-16(15)29-21(17)24-20(26)18-14(4)23-19-13(3)7-6-10-25(18)19/h6-7,10,12H,5,8-9,11H2,1-4H3,(H,24,26). The fourth-order valence-corrected chi connectivity index (χ4v) is 5.41. The number of thiophene rings is 1. The molecule has 0 aromatic carbocycles. The van der Waals surface area contributed by atoms with Gasteiger partial charge in [0.2, 0.25) is 0 Å². The van der Waals surface area contributed by atoms with E-state index in [1.54, 1.807) is 11.3 Å². The topological polar surface area (TPSA) is 72.7 Å². The van der Waals surface area contributed by atoms with E-state index in [9.17, 15) is 9.59 Å². The summed E-state index contributed by atoms with van der Waals surface area (Å²) in [6, 6.07) is 3.87. The molecular weight excluding hydrogens is 386 g/mol. The van der Waals surface area contributed by atoms with E-state index < -0.39 is 0 Å². The molecule has 1 amide bonds. The predicted octanol–water partition coefficient (Wildman–Crippen LogP) is 4.57. The van der Waals surface area contributed by atoms with Crippen LogP contribution >= 0.6 is 11.3 Å². The Morgan fingerprint density at radius 2 is 2.17 bits per heavy atom. The highest BCUT2D eigenvalue weighted by molar-refractivity contribution is 7.17. The van der Waals surface area contributed by atoms with Crippen molar-refractivity contribution in [3.63, 3.8) is 0 Å². The zero-order chi connectivity index (χ0) is 20.7. The Morgan fingerprint density at radius 1 is 1.38 bits per heavy atom. The van der Waals surface area contributed by atoms with E-state index in [-0.39, 0.29) is 11.9 Å². The second-order valence-corrected chi connectivity index (χ2v) is 8.77. The predicted molar refractivity (Wildman–Crippen MR) is 114 cm³/mol. The second-order valence-electron chi connectivity index (χ2n) is 7.66. The number of aromatic nitrogens is 2. The first-order valence-electron chi connectivity index (χ1n) is 9.98. The van der Waals surface area contributed by atoms with Gasteiger partial charge in [-0.05, 0) is 63.1 Å². The molecule has 0 radical (unpaired) electrons. The van der Waals surface area contributed by atoms with E-state index in [0.717, 1.165) is 36.0 Å². The van der Waals surface area contributed by atoms with Crippen LogP contribution in [0.3, 0.4) is 0 Å². The van der Waals surface area contributed by atoms with Gasteiger partial charge in [-0.15, -0.1) is 11.3 Å². The van der Waals surface area contributed by atoms with Gasteiger partial charge < -0.3 is 10.1 Å². The number of ether oxygens (including phenoxy) is 1. The number of carbonyl (C=O) groups is 2. The molecule has 1 atom stereocenters. The molecule has 3 aromatic heterocycles. The minimum atomic E-state index is -0.361. The molecule has 0 saturated heterocycles. The van der Waals surface area contributed by atoms with Crippen molar-refractivity contribution in [1.29, 1.82) is 0 Å². The fraction of sp³-hybridized carbons (Fsp3) is 0.409. The van der Waals surface area contributed by atoms with Crippen LogP contribution in [0.4, 0.5) is 5.00 Å². The number of aryl methyl sites for hydroxylation is 2. The van der Waals surface area contributed by atoms with Gasteiger partial charge in [-0.1, -0.05) is 13.0 Å². The van der Waals surface area contributed by atoms with Crippen molar-refractivity contribution in [2.45, 2.75) is 47.0 Å². The Bertz CT molecular complexity index is 1110. The Hall–Kier alpha value is -2.67. The minimum absolute atomic E-state index is 0.266. The number of hydrogen-bond donors (Lipinski definition) is 1. The SMILES string of the molecule is CCOC(=O)c1c(NC(=O)c2c(C)nc3c(C)cccn23)sc2c1CCC(C)C2. The molecule has 4 rings (SSSR count). The van der Waals surface area contributed by atoms with Crippen LogP contribution in [-0.4, -0.2) is 27.9 Å². The lowest BCUT2D eigenvalue weighted by Gasteiger charge is -2.18. The van der Waals surface area contributed by atoms with E-state index in [2.05, 4.69) is 17.2 Å². The van der Waals surface area contributed by atoms with Gasteiger partial charge in [0.1, 0.15) is 16.3 Å². The molecule has 3 heterocycles. The van der Waals surface area contributed by atoms with E-state index in [4.69, 9.17) is 4.74 Å². The number of hydrogen-bond acceptors (Lipinski definition) is 5. The molecule has 0 spiro atoms. The van der Waals surface area contributed by atoms with E-state index >= 15 is 0 Å². The maximum Gasteiger partial charge on any atom is 0.341 e. The Labute approximate surface area is 173 Å². The van der Waals surface area contributed by atoms with Gasteiger partial charge in [0.05, 0.1) is 17.9 Å². The van der Waals surface area contributed by atoms with Gasteiger partial charge in [-0.3, -0.25) is 9.20 Å². The molecule has 1 aliphatic carbocycles. The summed E-state index contributed by atoms with van der Waals surface area (Å²) in [5.74, 6) is -0.0536. The number of pyridine rings is 1. The minimum Gasteiger partial charge on any atom is -0.462 e. The first kappa shape index (κ1) is 19.6. The molecule has 6 nitrogen and oxygen atoms in total. The highest BCUT2D eigenvalue weighted by Gasteiger charge is 2.30. The average molecular weight is 412 g/mol. The second kappa shape index (κ2) is 7.63. The number of imidazole rings is 1. The summed E-state index contributed by atoms with van der Waals surface area (Å²) in [6.45, 7) is 8.11. The smallest absolute Gasteiger partial charge is 0.341 e. The van der Waals surface area contributed by atoms with Gasteiger partial charge in [-0.25, -0.2) is 9.78 Å². The highest BCUT2D eigenvalue weighted by Crippen LogP contribution is 2.40. The third kappa shape index (κ3) is 3.44. The maximum absolute atomic E-state index is 13.2. The molecule has 152 valence electrons. The molecule has 0 saturated carbocycles. The van der Waals surface area contributed by atoms with E-state index in [0.29, 0.717) is 34.5 Å². The van der Waals surface area contributed by atoms with Crippen molar-refractivity contribution >= 4 is 33.9 Å². The number of carbonyl (C=O) groups excluding carboxylic acids is 2. The summed E-state index contributed by atoms with van der Waals surface area (Å²) in [5, 5.41) is 3.57. The van der Waals surface area contributed by atoms with Crippen LogP contribution in [0.1, 0.15) is 62.8 Å². The molecule has 1 N–H and O–H groups in total. The van der Waals surface area contributed by atoms with Crippen LogP contribution in [0.2, 0.25) is 0 Å². The third-order valence-electron chi connectivity index (χ3n) is 5.45. The lowest BCUT2D eigenvalue weighted by atomic mass is 9.88. The number of nitrogens with zero attached hydrogens (tertiary/aromatic N) is 2. The number of rotatable bonds is 4. The molecule has 1 aliphatic rings. The van der Waals surface area contributed by atoms with Crippen molar-refractivity contribution in [3.8, 4) is 0 Å². The summed E-state index contributed by atoms with van der Waals surface area (Å²) in [4.78, 5) is 31.6. The number of esters is 1. The molecule has 3 aromatic rings. The molecule has 0 aliphatic heterocycles. The lowest BCUT2D eigenvalue weighted by molar-refractivity contribution is 0.0526. The summed E-state index contributed by atoms with van der Waals surface area (Å²) in [5.41, 5.74) is 4.47. The van der Waals surface area contributed by atoms with E-state index in [1.165, 1.54) is 16.2 Å². The highest BCUT2D eigenvalue weighted by atomic mass is 32.1. The van der Waals surface area contributed by atoms with Gasteiger partial charge >= 0.3 is 5.97 Å². The van der Waals surface area contributed by atoms with Gasteiger partial charge in [0, 0.05) is 11.1 Å². The molecule has 7 heteroatoms. The average Bonchev–Trinajstić information content (AvgIpc) is 3.19.